The van der Waals surface area contributed by atoms with Crippen LogP contribution in [0.1, 0.15) is 17.9 Å². The van der Waals surface area contributed by atoms with E-state index in [0.29, 0.717) is 29.5 Å². The summed E-state index contributed by atoms with van der Waals surface area (Å²) in [6.07, 6.45) is 0. The van der Waals surface area contributed by atoms with E-state index in [1.54, 1.807) is 38.5 Å². The van der Waals surface area contributed by atoms with Crippen molar-refractivity contribution >= 4 is 33.4 Å². The predicted molar refractivity (Wildman–Crippen MR) is 109 cm³/mol. The highest BCUT2D eigenvalue weighted by atomic mass is 32.2. The second kappa shape index (κ2) is 8.42. The second-order valence-corrected chi connectivity index (χ2v) is 9.23. The maximum atomic E-state index is 13.3. The van der Waals surface area contributed by atoms with Gasteiger partial charge in [0.1, 0.15) is 11.5 Å². The molecule has 2 aromatic carbocycles. The van der Waals surface area contributed by atoms with Gasteiger partial charge in [-0.3, -0.25) is 4.79 Å². The molecule has 1 aliphatic heterocycles. The molecule has 0 radical (unpaired) electrons. The van der Waals surface area contributed by atoms with Gasteiger partial charge in [-0.05, 0) is 42.5 Å². The topological polar surface area (TPSA) is 84.9 Å². The molecule has 0 spiro atoms. The quantitative estimate of drug-likeness (QED) is 0.770. The van der Waals surface area contributed by atoms with E-state index in [1.807, 2.05) is 6.07 Å². The lowest BCUT2D eigenvalue weighted by Gasteiger charge is -2.25. The first-order chi connectivity index (χ1) is 13.4. The highest BCUT2D eigenvalue weighted by Crippen LogP contribution is 2.45. The van der Waals surface area contributed by atoms with Crippen LogP contribution in [0.3, 0.4) is 0 Å². The Kier molecular flexibility index (Phi) is 6.17. The zero-order valence-corrected chi connectivity index (χ0v) is 17.5. The third-order valence-corrected chi connectivity index (χ3v) is 7.59. The summed E-state index contributed by atoms with van der Waals surface area (Å²) >= 11 is 1.54. The number of carbonyl (C=O) groups is 1. The fraction of sp³-hybridized carbons (Fsp3) is 0.316. The molecule has 7 nitrogen and oxygen atoms in total. The molecule has 28 heavy (non-hydrogen) atoms. The fourth-order valence-electron chi connectivity index (χ4n) is 3.03. The number of hydrogen-bond acceptors (Lipinski definition) is 6. The minimum Gasteiger partial charge on any atom is -0.497 e. The van der Waals surface area contributed by atoms with Crippen molar-refractivity contribution in [1.29, 1.82) is 0 Å². The number of thioether (sulfide) groups is 1. The van der Waals surface area contributed by atoms with Gasteiger partial charge in [0.05, 0.1) is 24.5 Å². The largest absolute Gasteiger partial charge is 0.497 e. The molecule has 9 heteroatoms. The van der Waals surface area contributed by atoms with Gasteiger partial charge in [-0.25, -0.2) is 8.42 Å². The number of hydrogen-bond donors (Lipinski definition) is 1. The molecular weight excluding hydrogens is 400 g/mol. The van der Waals surface area contributed by atoms with E-state index in [0.717, 1.165) is 5.56 Å². The number of anilines is 1. The van der Waals surface area contributed by atoms with Crippen molar-refractivity contribution in [3.8, 4) is 11.5 Å². The number of amides is 1. The van der Waals surface area contributed by atoms with Crippen LogP contribution in [0.4, 0.5) is 5.69 Å². The molecule has 3 rings (SSSR count). The lowest BCUT2D eigenvalue weighted by Crippen LogP contribution is -2.30. The summed E-state index contributed by atoms with van der Waals surface area (Å²) < 4.78 is 38.7. The Bertz CT molecular complexity index is 961. The van der Waals surface area contributed by atoms with Gasteiger partial charge in [0, 0.05) is 30.5 Å². The van der Waals surface area contributed by atoms with E-state index in [1.165, 1.54) is 35.1 Å². The molecular formula is C19H22N2O5S2. The number of sulfonamides is 1. The average molecular weight is 423 g/mol. The van der Waals surface area contributed by atoms with Crippen LogP contribution < -0.4 is 14.8 Å². The fourth-order valence-corrected chi connectivity index (χ4v) is 6.27. The monoisotopic (exact) mass is 422 g/mol. The van der Waals surface area contributed by atoms with Crippen molar-refractivity contribution in [2.45, 2.75) is 17.2 Å². The van der Waals surface area contributed by atoms with Crippen LogP contribution >= 0.6 is 11.8 Å². The summed E-state index contributed by atoms with van der Waals surface area (Å²) in [6, 6.07) is 11.5. The molecule has 0 bridgehead atoms. The Morgan fingerprint density at radius 3 is 2.46 bits per heavy atom. The van der Waals surface area contributed by atoms with Gasteiger partial charge in [0.15, 0.2) is 0 Å². The molecule has 150 valence electrons. The number of benzene rings is 2. The number of nitrogens with zero attached hydrogens (tertiary/aromatic N) is 1. The van der Waals surface area contributed by atoms with Crippen molar-refractivity contribution in [3.05, 3.63) is 48.0 Å². The summed E-state index contributed by atoms with van der Waals surface area (Å²) in [5, 5.41) is 2.22. The number of rotatable bonds is 6. The highest BCUT2D eigenvalue weighted by Gasteiger charge is 2.38. The first-order valence-electron chi connectivity index (χ1n) is 8.60. The normalized spacial score (nSPS) is 17.3. The van der Waals surface area contributed by atoms with Crippen LogP contribution in [-0.4, -0.2) is 45.1 Å². The standard InChI is InChI=1S/C19H22N2O5S2/c1-13(22)20-14-4-7-16(8-5-14)28(23,24)21-10-11-27-19(21)17-12-15(25-2)6-9-18(17)26-3/h4-9,12,19H,10-11H2,1-3H3,(H,20,22)/t19-/m0/s1. The van der Waals surface area contributed by atoms with E-state index in [2.05, 4.69) is 5.32 Å². The van der Waals surface area contributed by atoms with E-state index in [-0.39, 0.29) is 10.8 Å². The molecule has 2 aromatic rings. The lowest BCUT2D eigenvalue weighted by atomic mass is 10.2. The van der Waals surface area contributed by atoms with E-state index in [9.17, 15) is 13.2 Å². The van der Waals surface area contributed by atoms with Crippen LogP contribution in [0, 0.1) is 0 Å². The summed E-state index contributed by atoms with van der Waals surface area (Å²) in [5.41, 5.74) is 1.30. The van der Waals surface area contributed by atoms with Crippen LogP contribution in [0.15, 0.2) is 47.4 Å². The van der Waals surface area contributed by atoms with E-state index >= 15 is 0 Å². The van der Waals surface area contributed by atoms with Gasteiger partial charge in [0.25, 0.3) is 0 Å². The number of carbonyl (C=O) groups excluding carboxylic acids is 1. The van der Waals surface area contributed by atoms with Gasteiger partial charge in [0.2, 0.25) is 15.9 Å². The Morgan fingerprint density at radius 2 is 1.86 bits per heavy atom. The molecule has 1 saturated heterocycles. The molecule has 1 amide bonds. The molecule has 1 heterocycles. The summed E-state index contributed by atoms with van der Waals surface area (Å²) in [5.74, 6) is 1.72. The summed E-state index contributed by atoms with van der Waals surface area (Å²) in [4.78, 5) is 11.3. The van der Waals surface area contributed by atoms with Crippen molar-refractivity contribution in [2.75, 3.05) is 31.8 Å². The number of methoxy groups -OCH3 is 2. The van der Waals surface area contributed by atoms with Crippen molar-refractivity contribution < 1.29 is 22.7 Å². The van der Waals surface area contributed by atoms with E-state index in [4.69, 9.17) is 9.47 Å². The highest BCUT2D eigenvalue weighted by molar-refractivity contribution is 8.01. The predicted octanol–water partition coefficient (Wildman–Crippen LogP) is 3.10. The van der Waals surface area contributed by atoms with Crippen molar-refractivity contribution in [1.82, 2.24) is 4.31 Å². The zero-order valence-electron chi connectivity index (χ0n) is 15.8. The number of ether oxygens (including phenoxy) is 2. The first-order valence-corrected chi connectivity index (χ1v) is 11.1. The third kappa shape index (κ3) is 4.11. The average Bonchev–Trinajstić information content (AvgIpc) is 3.18. The molecule has 0 aliphatic carbocycles. The minimum atomic E-state index is -3.72. The van der Waals surface area contributed by atoms with Crippen LogP contribution in [0.2, 0.25) is 0 Å². The Hall–Kier alpha value is -2.23. The van der Waals surface area contributed by atoms with Crippen molar-refractivity contribution in [2.24, 2.45) is 0 Å². The molecule has 1 atom stereocenters. The maximum Gasteiger partial charge on any atom is 0.244 e. The van der Waals surface area contributed by atoms with Crippen LogP contribution in [-0.2, 0) is 14.8 Å². The molecule has 0 unspecified atom stereocenters. The van der Waals surface area contributed by atoms with Gasteiger partial charge >= 0.3 is 0 Å². The van der Waals surface area contributed by atoms with Gasteiger partial charge in [-0.2, -0.15) is 4.31 Å². The molecule has 0 aromatic heterocycles. The Morgan fingerprint density at radius 1 is 1.14 bits per heavy atom. The first kappa shape index (κ1) is 20.5. The van der Waals surface area contributed by atoms with Crippen LogP contribution in [0.25, 0.3) is 0 Å². The third-order valence-electron chi connectivity index (χ3n) is 4.33. The van der Waals surface area contributed by atoms with E-state index < -0.39 is 15.4 Å². The minimum absolute atomic E-state index is 0.177. The maximum absolute atomic E-state index is 13.3. The van der Waals surface area contributed by atoms with Crippen molar-refractivity contribution in [3.63, 3.8) is 0 Å². The number of nitrogens with one attached hydrogen (secondary N) is 1. The molecule has 1 fully saturated rings. The SMILES string of the molecule is COc1ccc(OC)c([C@@H]2SCCN2S(=O)(=O)c2ccc(NC(C)=O)cc2)c1. The Balaban J connectivity index is 1.95. The zero-order chi connectivity index (χ0) is 20.3. The lowest BCUT2D eigenvalue weighted by molar-refractivity contribution is -0.114. The van der Waals surface area contributed by atoms with Gasteiger partial charge in [-0.15, -0.1) is 11.8 Å². The van der Waals surface area contributed by atoms with Gasteiger partial charge < -0.3 is 14.8 Å². The van der Waals surface area contributed by atoms with Gasteiger partial charge in [-0.1, -0.05) is 0 Å². The smallest absolute Gasteiger partial charge is 0.244 e. The molecule has 1 N–H and O–H groups in total. The summed E-state index contributed by atoms with van der Waals surface area (Å²) in [6.45, 7) is 1.80. The second-order valence-electron chi connectivity index (χ2n) is 6.15. The molecule has 0 saturated carbocycles. The van der Waals surface area contributed by atoms with Crippen LogP contribution in [0.5, 0.6) is 11.5 Å². The molecule has 1 aliphatic rings. The Labute approximate surface area is 169 Å². The summed E-state index contributed by atoms with van der Waals surface area (Å²) in [7, 11) is -0.594.